The number of pyridine rings is 1. The molecule has 17 heavy (non-hydrogen) atoms. The second kappa shape index (κ2) is 5.32. The zero-order chi connectivity index (χ0) is 12.3. The van der Waals surface area contributed by atoms with E-state index in [2.05, 4.69) is 64.3 Å². The highest BCUT2D eigenvalue weighted by molar-refractivity contribution is 9.10. The molecule has 0 aliphatic carbocycles. The average molecular weight is 291 g/mol. The van der Waals surface area contributed by atoms with Gasteiger partial charge in [0.15, 0.2) is 0 Å². The zero-order valence-corrected chi connectivity index (χ0v) is 11.5. The Morgan fingerprint density at radius 1 is 1.18 bits per heavy atom. The van der Waals surface area contributed by atoms with E-state index in [1.807, 2.05) is 18.3 Å². The van der Waals surface area contributed by atoms with E-state index < -0.39 is 0 Å². The van der Waals surface area contributed by atoms with E-state index >= 15 is 0 Å². The topological polar surface area (TPSA) is 24.9 Å². The molecule has 0 aliphatic rings. The highest BCUT2D eigenvalue weighted by Gasteiger charge is 2.07. The Labute approximate surface area is 110 Å². The van der Waals surface area contributed by atoms with Crippen LogP contribution in [0.3, 0.4) is 0 Å². The lowest BCUT2D eigenvalue weighted by Crippen LogP contribution is -2.08. The smallest absolute Gasteiger partial charge is 0.106 e. The van der Waals surface area contributed by atoms with Crippen LogP contribution in [0, 0.1) is 6.92 Å². The standard InChI is InChI=1S/C14H15BrN2/c1-10-5-3-4-6-13(10)11(2)17-12-7-8-14(15)16-9-12/h3-9,11,17H,1-2H3. The van der Waals surface area contributed by atoms with Crippen molar-refractivity contribution in [1.82, 2.24) is 4.98 Å². The molecule has 3 heteroatoms. The van der Waals surface area contributed by atoms with Crippen molar-refractivity contribution in [1.29, 1.82) is 0 Å². The lowest BCUT2D eigenvalue weighted by Gasteiger charge is -2.17. The molecule has 1 unspecified atom stereocenters. The van der Waals surface area contributed by atoms with Crippen molar-refractivity contribution in [3.8, 4) is 0 Å². The number of hydrogen-bond acceptors (Lipinski definition) is 2. The third-order valence-corrected chi connectivity index (χ3v) is 3.23. The Balaban J connectivity index is 2.14. The fourth-order valence-corrected chi connectivity index (χ4v) is 2.10. The first-order chi connectivity index (χ1) is 8.16. The highest BCUT2D eigenvalue weighted by atomic mass is 79.9. The van der Waals surface area contributed by atoms with Crippen LogP contribution in [-0.2, 0) is 0 Å². The van der Waals surface area contributed by atoms with Gasteiger partial charge in [-0.05, 0) is 53.0 Å². The van der Waals surface area contributed by atoms with Gasteiger partial charge in [0, 0.05) is 6.04 Å². The van der Waals surface area contributed by atoms with Gasteiger partial charge in [-0.1, -0.05) is 24.3 Å². The molecular weight excluding hydrogens is 276 g/mol. The summed E-state index contributed by atoms with van der Waals surface area (Å²) in [6, 6.07) is 12.7. The van der Waals surface area contributed by atoms with Crippen molar-refractivity contribution in [3.63, 3.8) is 0 Å². The molecule has 0 fully saturated rings. The minimum Gasteiger partial charge on any atom is -0.377 e. The number of nitrogens with one attached hydrogen (secondary N) is 1. The van der Waals surface area contributed by atoms with Gasteiger partial charge < -0.3 is 5.32 Å². The summed E-state index contributed by atoms with van der Waals surface area (Å²) in [5.74, 6) is 0. The van der Waals surface area contributed by atoms with Crippen LogP contribution in [0.15, 0.2) is 47.2 Å². The molecule has 0 amide bonds. The van der Waals surface area contributed by atoms with Gasteiger partial charge in [-0.2, -0.15) is 0 Å². The largest absolute Gasteiger partial charge is 0.377 e. The van der Waals surface area contributed by atoms with Crippen LogP contribution >= 0.6 is 15.9 Å². The number of aryl methyl sites for hydroxylation is 1. The van der Waals surface area contributed by atoms with Crippen molar-refractivity contribution in [3.05, 3.63) is 58.3 Å². The molecule has 0 bridgehead atoms. The Morgan fingerprint density at radius 2 is 1.94 bits per heavy atom. The molecule has 0 radical (unpaired) electrons. The third-order valence-electron chi connectivity index (χ3n) is 2.77. The van der Waals surface area contributed by atoms with Crippen molar-refractivity contribution >= 4 is 21.6 Å². The molecule has 1 heterocycles. The molecule has 2 aromatic rings. The summed E-state index contributed by atoms with van der Waals surface area (Å²) >= 11 is 3.33. The Kier molecular flexibility index (Phi) is 3.79. The first-order valence-electron chi connectivity index (χ1n) is 5.60. The lowest BCUT2D eigenvalue weighted by molar-refractivity contribution is 0.872. The summed E-state index contributed by atoms with van der Waals surface area (Å²) in [5.41, 5.74) is 3.65. The fraction of sp³-hybridized carbons (Fsp3) is 0.214. The molecule has 1 aromatic heterocycles. The van der Waals surface area contributed by atoms with Gasteiger partial charge in [-0.25, -0.2) is 4.98 Å². The fourth-order valence-electron chi connectivity index (χ4n) is 1.86. The van der Waals surface area contributed by atoms with Crippen LogP contribution in [0.5, 0.6) is 0 Å². The number of halogens is 1. The molecule has 88 valence electrons. The summed E-state index contributed by atoms with van der Waals surface area (Å²) in [7, 11) is 0. The summed E-state index contributed by atoms with van der Waals surface area (Å²) in [4.78, 5) is 4.20. The number of anilines is 1. The number of rotatable bonds is 3. The van der Waals surface area contributed by atoms with Crippen LogP contribution in [-0.4, -0.2) is 4.98 Å². The van der Waals surface area contributed by atoms with Crippen LogP contribution < -0.4 is 5.32 Å². The van der Waals surface area contributed by atoms with Gasteiger partial charge >= 0.3 is 0 Å². The van der Waals surface area contributed by atoms with E-state index in [-0.39, 0.29) is 6.04 Å². The normalized spacial score (nSPS) is 12.2. The van der Waals surface area contributed by atoms with E-state index in [9.17, 15) is 0 Å². The Morgan fingerprint density at radius 3 is 2.59 bits per heavy atom. The maximum Gasteiger partial charge on any atom is 0.106 e. The number of benzene rings is 1. The maximum absolute atomic E-state index is 4.20. The van der Waals surface area contributed by atoms with Gasteiger partial charge in [0.05, 0.1) is 11.9 Å². The second-order valence-corrected chi connectivity index (χ2v) is 4.90. The SMILES string of the molecule is Cc1ccccc1C(C)Nc1ccc(Br)nc1. The third kappa shape index (κ3) is 3.07. The molecule has 1 N–H and O–H groups in total. The van der Waals surface area contributed by atoms with E-state index in [0.717, 1.165) is 10.3 Å². The minimum atomic E-state index is 0.277. The lowest BCUT2D eigenvalue weighted by atomic mass is 10.0. The maximum atomic E-state index is 4.20. The van der Waals surface area contributed by atoms with Crippen LogP contribution in [0.4, 0.5) is 5.69 Å². The van der Waals surface area contributed by atoms with E-state index in [1.54, 1.807) is 0 Å². The molecule has 0 saturated heterocycles. The van der Waals surface area contributed by atoms with E-state index in [0.29, 0.717) is 0 Å². The minimum absolute atomic E-state index is 0.277. The van der Waals surface area contributed by atoms with Gasteiger partial charge in [-0.15, -0.1) is 0 Å². The molecule has 0 saturated carbocycles. The molecule has 0 aliphatic heterocycles. The van der Waals surface area contributed by atoms with E-state index in [4.69, 9.17) is 0 Å². The summed E-state index contributed by atoms with van der Waals surface area (Å²) in [6.45, 7) is 4.29. The van der Waals surface area contributed by atoms with E-state index in [1.165, 1.54) is 11.1 Å². The quantitative estimate of drug-likeness (QED) is 0.852. The Hall–Kier alpha value is -1.35. The molecule has 1 atom stereocenters. The second-order valence-electron chi connectivity index (χ2n) is 4.09. The molecule has 0 spiro atoms. The van der Waals surface area contributed by atoms with Crippen molar-refractivity contribution in [2.45, 2.75) is 19.9 Å². The Bertz CT molecular complexity index is 494. The molecular formula is C14H15BrN2. The predicted molar refractivity (Wildman–Crippen MR) is 75.2 cm³/mol. The first kappa shape index (κ1) is 12.1. The number of hydrogen-bond donors (Lipinski definition) is 1. The zero-order valence-electron chi connectivity index (χ0n) is 9.94. The van der Waals surface area contributed by atoms with Gasteiger partial charge in [-0.3, -0.25) is 0 Å². The first-order valence-corrected chi connectivity index (χ1v) is 6.40. The predicted octanol–water partition coefficient (Wildman–Crippen LogP) is 4.33. The van der Waals surface area contributed by atoms with Gasteiger partial charge in [0.25, 0.3) is 0 Å². The summed E-state index contributed by atoms with van der Waals surface area (Å²) in [5, 5.41) is 3.44. The van der Waals surface area contributed by atoms with Crippen LogP contribution in [0.1, 0.15) is 24.1 Å². The molecule has 2 nitrogen and oxygen atoms in total. The summed E-state index contributed by atoms with van der Waals surface area (Å²) < 4.78 is 0.853. The van der Waals surface area contributed by atoms with Crippen molar-refractivity contribution in [2.75, 3.05) is 5.32 Å². The monoisotopic (exact) mass is 290 g/mol. The average Bonchev–Trinajstić information content (AvgIpc) is 2.32. The van der Waals surface area contributed by atoms with Gasteiger partial charge in [0.2, 0.25) is 0 Å². The van der Waals surface area contributed by atoms with Crippen LogP contribution in [0.25, 0.3) is 0 Å². The molecule has 1 aromatic carbocycles. The number of nitrogens with zero attached hydrogens (tertiary/aromatic N) is 1. The van der Waals surface area contributed by atoms with Crippen molar-refractivity contribution < 1.29 is 0 Å². The number of aromatic nitrogens is 1. The van der Waals surface area contributed by atoms with Gasteiger partial charge in [0.1, 0.15) is 4.60 Å². The molecule has 2 rings (SSSR count). The summed E-state index contributed by atoms with van der Waals surface area (Å²) in [6.07, 6.45) is 1.83. The van der Waals surface area contributed by atoms with Crippen LogP contribution in [0.2, 0.25) is 0 Å². The van der Waals surface area contributed by atoms with Crippen molar-refractivity contribution in [2.24, 2.45) is 0 Å². The highest BCUT2D eigenvalue weighted by Crippen LogP contribution is 2.21.